The molecule has 1 N–H and O–H groups in total. The van der Waals surface area contributed by atoms with Crippen molar-refractivity contribution in [2.24, 2.45) is 5.92 Å². The van der Waals surface area contributed by atoms with Crippen LogP contribution in [0.15, 0.2) is 30.3 Å². The van der Waals surface area contributed by atoms with E-state index >= 15 is 0 Å². The highest BCUT2D eigenvalue weighted by Crippen LogP contribution is 2.20. The van der Waals surface area contributed by atoms with E-state index in [9.17, 15) is 4.79 Å². The van der Waals surface area contributed by atoms with Crippen molar-refractivity contribution in [3.05, 3.63) is 35.9 Å². The molecule has 1 heterocycles. The third kappa shape index (κ3) is 3.83. The summed E-state index contributed by atoms with van der Waals surface area (Å²) in [6.45, 7) is 7.99. The third-order valence-corrected chi connectivity index (χ3v) is 4.30. The van der Waals surface area contributed by atoms with Crippen molar-refractivity contribution in [3.63, 3.8) is 0 Å². The monoisotopic (exact) mass is 274 g/mol. The minimum Gasteiger partial charge on any atom is -0.342 e. The van der Waals surface area contributed by atoms with Crippen LogP contribution < -0.4 is 5.32 Å². The molecular weight excluding hydrogens is 248 g/mol. The van der Waals surface area contributed by atoms with E-state index in [1.807, 2.05) is 42.2 Å². The number of nitrogens with zero attached hydrogens (tertiary/aromatic N) is 1. The molecule has 0 aliphatic carbocycles. The highest BCUT2D eigenvalue weighted by molar-refractivity contribution is 5.83. The first-order valence-corrected chi connectivity index (χ1v) is 7.76. The summed E-state index contributed by atoms with van der Waals surface area (Å²) in [4.78, 5) is 14.7. The Kier molecular flexibility index (Phi) is 5.60. The Morgan fingerprint density at radius 2 is 1.95 bits per heavy atom. The van der Waals surface area contributed by atoms with Crippen LogP contribution in [0.1, 0.15) is 38.2 Å². The molecule has 1 fully saturated rings. The van der Waals surface area contributed by atoms with Crippen LogP contribution in [0.5, 0.6) is 0 Å². The molecule has 1 amide bonds. The summed E-state index contributed by atoms with van der Waals surface area (Å²) >= 11 is 0. The number of piperidine rings is 1. The normalized spacial score (nSPS) is 17.7. The number of carbonyl (C=O) groups excluding carboxylic acids is 1. The number of likely N-dealkylation sites (N-methyl/N-ethyl adjacent to an activating group) is 1. The van der Waals surface area contributed by atoms with Crippen molar-refractivity contribution >= 4 is 5.91 Å². The van der Waals surface area contributed by atoms with Crippen LogP contribution in [0.25, 0.3) is 0 Å². The fraction of sp³-hybridized carbons (Fsp3) is 0.588. The maximum Gasteiger partial charge on any atom is 0.229 e. The molecule has 0 saturated carbocycles. The highest BCUT2D eigenvalue weighted by atomic mass is 16.2. The second-order valence-electron chi connectivity index (χ2n) is 5.70. The van der Waals surface area contributed by atoms with E-state index in [4.69, 9.17) is 0 Å². The first-order chi connectivity index (χ1) is 9.72. The maximum atomic E-state index is 12.7. The summed E-state index contributed by atoms with van der Waals surface area (Å²) < 4.78 is 0. The van der Waals surface area contributed by atoms with Gasteiger partial charge in [-0.2, -0.15) is 0 Å². The topological polar surface area (TPSA) is 32.3 Å². The number of carbonyl (C=O) groups is 1. The van der Waals surface area contributed by atoms with Gasteiger partial charge in [0.2, 0.25) is 5.91 Å². The molecule has 0 spiro atoms. The van der Waals surface area contributed by atoms with Crippen LogP contribution in [0.3, 0.4) is 0 Å². The van der Waals surface area contributed by atoms with Gasteiger partial charge in [0.1, 0.15) is 0 Å². The molecule has 0 radical (unpaired) electrons. The van der Waals surface area contributed by atoms with Gasteiger partial charge in [-0.15, -0.1) is 0 Å². The summed E-state index contributed by atoms with van der Waals surface area (Å²) in [5, 5.41) is 3.38. The number of benzene rings is 1. The molecule has 20 heavy (non-hydrogen) atoms. The van der Waals surface area contributed by atoms with Crippen molar-refractivity contribution in [1.82, 2.24) is 10.2 Å². The Morgan fingerprint density at radius 1 is 1.30 bits per heavy atom. The molecule has 1 saturated heterocycles. The molecule has 0 bridgehead atoms. The van der Waals surface area contributed by atoms with Gasteiger partial charge in [0, 0.05) is 13.1 Å². The van der Waals surface area contributed by atoms with Crippen LogP contribution in [-0.4, -0.2) is 37.0 Å². The molecule has 1 unspecified atom stereocenters. The zero-order valence-corrected chi connectivity index (χ0v) is 12.6. The first kappa shape index (κ1) is 15.0. The molecule has 3 nitrogen and oxygen atoms in total. The van der Waals surface area contributed by atoms with Crippen LogP contribution in [0, 0.1) is 5.92 Å². The smallest absolute Gasteiger partial charge is 0.229 e. The first-order valence-electron chi connectivity index (χ1n) is 7.76. The highest BCUT2D eigenvalue weighted by Gasteiger charge is 2.24. The largest absolute Gasteiger partial charge is 0.342 e. The summed E-state index contributed by atoms with van der Waals surface area (Å²) in [7, 11) is 0. The zero-order valence-electron chi connectivity index (χ0n) is 12.6. The second kappa shape index (κ2) is 7.44. The number of hydrogen-bond donors (Lipinski definition) is 1. The number of hydrogen-bond acceptors (Lipinski definition) is 2. The van der Waals surface area contributed by atoms with E-state index in [0.29, 0.717) is 5.92 Å². The van der Waals surface area contributed by atoms with Crippen molar-refractivity contribution in [2.45, 2.75) is 32.6 Å². The Hall–Kier alpha value is -1.35. The Morgan fingerprint density at radius 3 is 2.55 bits per heavy atom. The van der Waals surface area contributed by atoms with E-state index in [-0.39, 0.29) is 11.8 Å². The summed E-state index contributed by atoms with van der Waals surface area (Å²) in [6, 6.07) is 10.1. The van der Waals surface area contributed by atoms with Crippen molar-refractivity contribution < 1.29 is 4.79 Å². The molecule has 1 aromatic carbocycles. The SMILES string of the molecule is CCN(CC1CCNCC1)C(=O)C(C)c1ccccc1. The molecule has 3 heteroatoms. The van der Waals surface area contributed by atoms with E-state index < -0.39 is 0 Å². The van der Waals surface area contributed by atoms with Crippen molar-refractivity contribution in [2.75, 3.05) is 26.2 Å². The standard InChI is InChI=1S/C17H26N2O/c1-3-19(13-15-9-11-18-12-10-15)17(20)14(2)16-7-5-4-6-8-16/h4-8,14-15,18H,3,9-13H2,1-2H3. The fourth-order valence-corrected chi connectivity index (χ4v) is 2.91. The summed E-state index contributed by atoms with van der Waals surface area (Å²) in [6.07, 6.45) is 2.37. The molecule has 110 valence electrons. The van der Waals surface area contributed by atoms with E-state index in [2.05, 4.69) is 12.2 Å². The Labute approximate surface area is 122 Å². The number of rotatable bonds is 5. The molecule has 1 atom stereocenters. The lowest BCUT2D eigenvalue weighted by Crippen LogP contribution is -2.40. The lowest BCUT2D eigenvalue weighted by molar-refractivity contribution is -0.133. The predicted octanol–water partition coefficient (Wildman–Crippen LogP) is 2.64. The van der Waals surface area contributed by atoms with E-state index in [1.54, 1.807) is 0 Å². The summed E-state index contributed by atoms with van der Waals surface area (Å²) in [5.41, 5.74) is 1.11. The van der Waals surface area contributed by atoms with Crippen molar-refractivity contribution in [1.29, 1.82) is 0 Å². The number of nitrogens with one attached hydrogen (secondary N) is 1. The minimum absolute atomic E-state index is 0.0436. The molecular formula is C17H26N2O. The Bertz CT molecular complexity index is 412. The second-order valence-corrected chi connectivity index (χ2v) is 5.70. The van der Waals surface area contributed by atoms with Crippen LogP contribution in [-0.2, 0) is 4.79 Å². The van der Waals surface area contributed by atoms with Crippen LogP contribution >= 0.6 is 0 Å². The maximum absolute atomic E-state index is 12.7. The van der Waals surface area contributed by atoms with Crippen LogP contribution in [0.4, 0.5) is 0 Å². The molecule has 1 aliphatic rings. The van der Waals surface area contributed by atoms with Gasteiger partial charge in [-0.25, -0.2) is 0 Å². The molecule has 1 aliphatic heterocycles. The average Bonchev–Trinajstić information content (AvgIpc) is 2.53. The van der Waals surface area contributed by atoms with Gasteiger partial charge in [-0.3, -0.25) is 4.79 Å². The van der Waals surface area contributed by atoms with Gasteiger partial charge in [0.15, 0.2) is 0 Å². The van der Waals surface area contributed by atoms with Gasteiger partial charge in [0.05, 0.1) is 5.92 Å². The van der Waals surface area contributed by atoms with Gasteiger partial charge >= 0.3 is 0 Å². The van der Waals surface area contributed by atoms with Gasteiger partial charge in [-0.1, -0.05) is 30.3 Å². The minimum atomic E-state index is -0.0436. The number of amides is 1. The molecule has 1 aromatic rings. The zero-order chi connectivity index (χ0) is 14.4. The predicted molar refractivity (Wildman–Crippen MR) is 82.7 cm³/mol. The van der Waals surface area contributed by atoms with Crippen LogP contribution in [0.2, 0.25) is 0 Å². The molecule has 2 rings (SSSR count). The van der Waals surface area contributed by atoms with E-state index in [1.165, 1.54) is 12.8 Å². The lowest BCUT2D eigenvalue weighted by atomic mass is 9.95. The van der Waals surface area contributed by atoms with E-state index in [0.717, 1.165) is 31.7 Å². The third-order valence-electron chi connectivity index (χ3n) is 4.30. The fourth-order valence-electron chi connectivity index (χ4n) is 2.91. The lowest BCUT2D eigenvalue weighted by Gasteiger charge is -2.31. The molecule has 0 aromatic heterocycles. The van der Waals surface area contributed by atoms with Gasteiger partial charge in [0.25, 0.3) is 0 Å². The van der Waals surface area contributed by atoms with Crippen molar-refractivity contribution in [3.8, 4) is 0 Å². The van der Waals surface area contributed by atoms with Gasteiger partial charge < -0.3 is 10.2 Å². The average molecular weight is 274 g/mol. The summed E-state index contributed by atoms with van der Waals surface area (Å²) in [5.74, 6) is 0.873. The van der Waals surface area contributed by atoms with Gasteiger partial charge in [-0.05, 0) is 51.3 Å². The quantitative estimate of drug-likeness (QED) is 0.895. The Balaban J connectivity index is 1.97.